The first kappa shape index (κ1) is 26.0. The van der Waals surface area contributed by atoms with E-state index >= 15 is 0 Å². The van der Waals surface area contributed by atoms with Crippen LogP contribution in [0, 0.1) is 0 Å². The van der Waals surface area contributed by atoms with Crippen LogP contribution in [0.4, 0.5) is 0 Å². The molecule has 26 heavy (non-hydrogen) atoms. The molecule has 2 rings (SSSR count). The molecule has 0 heterocycles. The number of carboxylic acid groups (broad SMARTS) is 4. The molecule has 8 nitrogen and oxygen atoms in total. The Hall–Kier alpha value is -2.24. The van der Waals surface area contributed by atoms with Crippen molar-refractivity contribution in [3.63, 3.8) is 0 Å². The van der Waals surface area contributed by atoms with E-state index in [2.05, 4.69) is 0 Å². The normalized spacial score (nSPS) is 8.62. The molecule has 2 aromatic carbocycles. The van der Waals surface area contributed by atoms with Gasteiger partial charge in [0.05, 0.1) is 23.9 Å². The second kappa shape index (κ2) is 12.2. The summed E-state index contributed by atoms with van der Waals surface area (Å²) in [6, 6.07) is 10.3. The van der Waals surface area contributed by atoms with Crippen LogP contribution in [-0.2, 0) is 17.1 Å². The Balaban J connectivity index is 0. The van der Waals surface area contributed by atoms with Gasteiger partial charge < -0.3 is 39.6 Å². The first-order valence-corrected chi connectivity index (χ1v) is 6.29. The molecule has 0 aliphatic rings. The molecule has 0 aliphatic carbocycles. The topological polar surface area (TPSA) is 161 Å². The molecular formula is C16H8CuO8Pb. The van der Waals surface area contributed by atoms with Gasteiger partial charge in [-0.3, -0.25) is 0 Å². The maximum Gasteiger partial charge on any atom is 2.00 e. The summed E-state index contributed by atoms with van der Waals surface area (Å²) in [5.41, 5.74) is -1.45. The van der Waals surface area contributed by atoms with Gasteiger partial charge in [-0.1, -0.05) is 48.5 Å². The SMILES string of the molecule is O=C([O-])c1ccccc1C(=O)[O-].O=C([O-])c1ccccc1C(=O)[O-].[Cu+2].[Pb+2]. The minimum Gasteiger partial charge on any atom is -0.545 e. The van der Waals surface area contributed by atoms with E-state index in [1.807, 2.05) is 0 Å². The summed E-state index contributed by atoms with van der Waals surface area (Å²) in [4.78, 5) is 41.3. The Bertz CT molecular complexity index is 673. The van der Waals surface area contributed by atoms with Gasteiger partial charge in [0.1, 0.15) is 0 Å². The third kappa shape index (κ3) is 7.33. The van der Waals surface area contributed by atoms with E-state index in [1.54, 1.807) is 0 Å². The van der Waals surface area contributed by atoms with Crippen LogP contribution in [0.2, 0.25) is 0 Å². The van der Waals surface area contributed by atoms with Gasteiger partial charge in [0.25, 0.3) is 0 Å². The molecule has 0 N–H and O–H groups in total. The summed E-state index contributed by atoms with van der Waals surface area (Å²) in [5, 5.41) is 41.3. The van der Waals surface area contributed by atoms with Crippen molar-refractivity contribution in [3.05, 3.63) is 70.8 Å². The van der Waals surface area contributed by atoms with E-state index in [4.69, 9.17) is 0 Å². The molecular weight excluding hydrogens is 591 g/mol. The molecule has 0 bridgehead atoms. The van der Waals surface area contributed by atoms with Gasteiger partial charge in [-0.05, 0) is 0 Å². The molecule has 0 aliphatic heterocycles. The zero-order valence-corrected chi connectivity index (χ0v) is 17.5. The van der Waals surface area contributed by atoms with E-state index < -0.39 is 23.9 Å². The molecule has 0 aromatic heterocycles. The Morgan fingerprint density at radius 1 is 0.500 bits per heavy atom. The van der Waals surface area contributed by atoms with Gasteiger partial charge in [-0.25, -0.2) is 0 Å². The van der Waals surface area contributed by atoms with Crippen LogP contribution in [0.3, 0.4) is 0 Å². The fourth-order valence-electron chi connectivity index (χ4n) is 1.68. The number of carbonyl (C=O) groups excluding carboxylic acids is 4. The molecule has 135 valence electrons. The average molecular weight is 599 g/mol. The number of carboxylic acids is 4. The number of carbonyl (C=O) groups is 4. The fraction of sp³-hybridized carbons (Fsp3) is 0. The molecule has 0 saturated heterocycles. The molecule has 0 saturated carbocycles. The van der Waals surface area contributed by atoms with Crippen LogP contribution < -0.4 is 20.4 Å². The smallest absolute Gasteiger partial charge is 0.545 e. The summed E-state index contributed by atoms with van der Waals surface area (Å²) in [6.07, 6.45) is 0. The standard InChI is InChI=1S/2C8H6O4.Cu.Pb/c2*9-7(10)5-3-1-2-4-6(5)8(11)12;;/h2*1-4H,(H,9,10)(H,11,12);;/q;;2*+2/p-4. The zero-order valence-electron chi connectivity index (χ0n) is 12.7. The number of benzene rings is 2. The van der Waals surface area contributed by atoms with Crippen LogP contribution in [0.25, 0.3) is 0 Å². The van der Waals surface area contributed by atoms with E-state index in [0.29, 0.717) is 0 Å². The Kier molecular flexibility index (Phi) is 12.2. The molecule has 2 aromatic rings. The molecule has 0 spiro atoms. The fourth-order valence-corrected chi connectivity index (χ4v) is 1.68. The van der Waals surface area contributed by atoms with Crippen LogP contribution in [0.1, 0.15) is 41.4 Å². The van der Waals surface area contributed by atoms with Crippen molar-refractivity contribution in [2.24, 2.45) is 0 Å². The Morgan fingerprint density at radius 3 is 0.769 bits per heavy atom. The maximum atomic E-state index is 10.3. The third-order valence-electron chi connectivity index (χ3n) is 2.73. The van der Waals surface area contributed by atoms with Crippen molar-refractivity contribution in [1.29, 1.82) is 0 Å². The minimum absolute atomic E-state index is 0. The van der Waals surface area contributed by atoms with Gasteiger partial charge in [0.2, 0.25) is 0 Å². The van der Waals surface area contributed by atoms with Crippen molar-refractivity contribution in [1.82, 2.24) is 0 Å². The molecule has 0 amide bonds. The quantitative estimate of drug-likeness (QED) is 0.327. The second-order valence-electron chi connectivity index (χ2n) is 4.24. The van der Waals surface area contributed by atoms with E-state index in [1.165, 1.54) is 24.3 Å². The van der Waals surface area contributed by atoms with Crippen LogP contribution >= 0.6 is 0 Å². The predicted molar refractivity (Wildman–Crippen MR) is 76.0 cm³/mol. The van der Waals surface area contributed by atoms with Gasteiger partial charge in [0, 0.05) is 22.3 Å². The third-order valence-corrected chi connectivity index (χ3v) is 2.73. The van der Waals surface area contributed by atoms with E-state index in [9.17, 15) is 39.6 Å². The summed E-state index contributed by atoms with van der Waals surface area (Å²) in [7, 11) is 0. The summed E-state index contributed by atoms with van der Waals surface area (Å²) in [5.74, 6) is -6.07. The maximum absolute atomic E-state index is 10.3. The van der Waals surface area contributed by atoms with Crippen molar-refractivity contribution in [3.8, 4) is 0 Å². The van der Waals surface area contributed by atoms with Crippen LogP contribution in [0.5, 0.6) is 0 Å². The first-order chi connectivity index (χ1) is 11.3. The first-order valence-electron chi connectivity index (χ1n) is 6.29. The summed E-state index contributed by atoms with van der Waals surface area (Å²) >= 11 is 0. The molecule has 0 unspecified atom stereocenters. The number of rotatable bonds is 4. The Morgan fingerprint density at radius 2 is 0.654 bits per heavy atom. The van der Waals surface area contributed by atoms with Crippen molar-refractivity contribution in [2.75, 3.05) is 0 Å². The molecule has 0 atom stereocenters. The predicted octanol–water partition coefficient (Wildman–Crippen LogP) is -3.56. The average Bonchev–Trinajstić information content (AvgIpc) is 2.55. The summed E-state index contributed by atoms with van der Waals surface area (Å²) < 4.78 is 0. The van der Waals surface area contributed by atoms with E-state index in [0.717, 1.165) is 24.3 Å². The molecule has 0 fully saturated rings. The van der Waals surface area contributed by atoms with Gasteiger partial charge in [0.15, 0.2) is 0 Å². The number of hydrogen-bond acceptors (Lipinski definition) is 8. The van der Waals surface area contributed by atoms with Crippen molar-refractivity contribution >= 4 is 51.2 Å². The van der Waals surface area contributed by atoms with Crippen molar-refractivity contribution in [2.45, 2.75) is 0 Å². The minimum atomic E-state index is -1.52. The number of aromatic carboxylic acids is 4. The van der Waals surface area contributed by atoms with E-state index in [-0.39, 0.29) is 66.6 Å². The number of hydrogen-bond donors (Lipinski definition) is 0. The zero-order chi connectivity index (χ0) is 18.3. The van der Waals surface area contributed by atoms with Crippen LogP contribution in [0.15, 0.2) is 48.5 Å². The molecule has 3 radical (unpaired) electrons. The van der Waals surface area contributed by atoms with Gasteiger partial charge in [-0.15, -0.1) is 0 Å². The largest absolute Gasteiger partial charge is 2.00 e. The molecule has 10 heteroatoms. The van der Waals surface area contributed by atoms with Gasteiger partial charge >= 0.3 is 44.4 Å². The van der Waals surface area contributed by atoms with Crippen LogP contribution in [-0.4, -0.2) is 51.2 Å². The Labute approximate surface area is 178 Å². The van der Waals surface area contributed by atoms with Gasteiger partial charge in [-0.2, -0.15) is 0 Å². The monoisotopic (exact) mass is 599 g/mol. The van der Waals surface area contributed by atoms with Crippen molar-refractivity contribution < 1.29 is 56.7 Å². The summed E-state index contributed by atoms with van der Waals surface area (Å²) in [6.45, 7) is 0. The second-order valence-corrected chi connectivity index (χ2v) is 4.24.